The third-order valence-electron chi connectivity index (χ3n) is 6.20. The highest BCUT2D eigenvalue weighted by molar-refractivity contribution is 5.77. The largest absolute Gasteiger partial charge is 0.394 e. The minimum absolute atomic E-state index is 0.0268. The number of rotatable bonds is 3. The molecule has 0 aromatic heterocycles. The molecule has 5 nitrogen and oxygen atoms in total. The summed E-state index contributed by atoms with van der Waals surface area (Å²) in [6, 6.07) is 12.5. The van der Waals surface area contributed by atoms with Crippen LogP contribution in [0.5, 0.6) is 0 Å². The zero-order chi connectivity index (χ0) is 20.7. The number of benzene rings is 2. The van der Waals surface area contributed by atoms with E-state index in [1.165, 1.54) is 12.1 Å². The van der Waals surface area contributed by atoms with Gasteiger partial charge >= 0.3 is 6.03 Å². The molecule has 1 saturated heterocycles. The zero-order valence-corrected chi connectivity index (χ0v) is 17.1. The number of amides is 2. The smallest absolute Gasteiger partial charge is 0.318 e. The Kier molecular flexibility index (Phi) is 5.21. The van der Waals surface area contributed by atoms with Crippen molar-refractivity contribution in [3.05, 3.63) is 53.8 Å². The van der Waals surface area contributed by atoms with E-state index in [4.69, 9.17) is 0 Å². The Bertz CT molecular complexity index is 899. The molecule has 2 aromatic carbocycles. The van der Waals surface area contributed by atoms with Gasteiger partial charge in [0.15, 0.2) is 0 Å². The molecule has 2 aromatic rings. The van der Waals surface area contributed by atoms with Crippen LogP contribution < -0.4 is 10.2 Å². The fourth-order valence-corrected chi connectivity index (χ4v) is 4.83. The molecule has 154 valence electrons. The van der Waals surface area contributed by atoms with Gasteiger partial charge in [-0.15, -0.1) is 0 Å². The molecule has 2 aliphatic heterocycles. The highest BCUT2D eigenvalue weighted by Crippen LogP contribution is 2.49. The fourth-order valence-electron chi connectivity index (χ4n) is 4.83. The van der Waals surface area contributed by atoms with Gasteiger partial charge < -0.3 is 20.2 Å². The molecule has 0 saturated carbocycles. The van der Waals surface area contributed by atoms with Crippen molar-refractivity contribution in [3.63, 3.8) is 0 Å². The predicted octanol–water partition coefficient (Wildman–Crippen LogP) is 3.78. The second-order valence-corrected chi connectivity index (χ2v) is 8.34. The molecule has 2 aliphatic rings. The Balaban J connectivity index is 1.78. The van der Waals surface area contributed by atoms with E-state index in [0.29, 0.717) is 6.54 Å². The minimum Gasteiger partial charge on any atom is -0.394 e. The molecule has 3 atom stereocenters. The molecule has 0 radical (unpaired) electrons. The van der Waals surface area contributed by atoms with Crippen LogP contribution in [0.4, 0.5) is 14.9 Å². The molecular weight excluding hydrogens is 369 g/mol. The molecular formula is C23H28FN3O2. The van der Waals surface area contributed by atoms with Crippen molar-refractivity contribution in [3.8, 4) is 11.1 Å². The van der Waals surface area contributed by atoms with Crippen molar-refractivity contribution in [1.82, 2.24) is 10.2 Å². The maximum atomic E-state index is 13.3. The number of aliphatic hydroxyl groups excluding tert-OH is 1. The maximum absolute atomic E-state index is 13.3. The highest BCUT2D eigenvalue weighted by atomic mass is 19.1. The number of likely N-dealkylation sites (tertiary alicyclic amines) is 1. The summed E-state index contributed by atoms with van der Waals surface area (Å²) < 4.78 is 13.3. The number of aliphatic hydroxyl groups is 1. The first-order chi connectivity index (χ1) is 13.9. The zero-order valence-electron chi connectivity index (χ0n) is 17.1. The van der Waals surface area contributed by atoms with Gasteiger partial charge in [0.2, 0.25) is 0 Å². The van der Waals surface area contributed by atoms with Gasteiger partial charge in [-0.05, 0) is 61.2 Å². The Hall–Kier alpha value is -2.60. The number of hydrogen-bond acceptors (Lipinski definition) is 3. The molecule has 0 bridgehead atoms. The standard InChI is InChI=1S/C23H28FN3O2/c1-14(2)25-23(29)27-11-10-18-21(13-28)26(3)20-9-6-16(12-19(20)22(18)27)15-4-7-17(24)8-5-15/h4-9,12,14,18,21-22,28H,10-11,13H2,1-3H3,(H,25,29)/t18-,21+,22-/m1/s1. The normalized spacial score (nSPS) is 23.2. The number of anilines is 1. The van der Waals surface area contributed by atoms with E-state index in [9.17, 15) is 14.3 Å². The van der Waals surface area contributed by atoms with Crippen LogP contribution in [0.3, 0.4) is 0 Å². The number of nitrogens with zero attached hydrogens (tertiary/aromatic N) is 2. The third-order valence-corrected chi connectivity index (χ3v) is 6.20. The number of hydrogen-bond donors (Lipinski definition) is 2. The number of carbonyl (C=O) groups is 1. The lowest BCUT2D eigenvalue weighted by Crippen LogP contribution is -2.50. The van der Waals surface area contributed by atoms with Gasteiger partial charge in [-0.25, -0.2) is 9.18 Å². The SMILES string of the molecule is CC(C)NC(=O)N1CC[C@H]2[C@@H]1c1cc(-c3ccc(F)cc3)ccc1N(C)[C@H]2CO. The summed E-state index contributed by atoms with van der Waals surface area (Å²) in [6.45, 7) is 4.63. The van der Waals surface area contributed by atoms with Gasteiger partial charge in [0, 0.05) is 31.2 Å². The number of likely N-dealkylation sites (N-methyl/N-ethyl adjacent to an activating group) is 1. The van der Waals surface area contributed by atoms with Crippen LogP contribution >= 0.6 is 0 Å². The quantitative estimate of drug-likeness (QED) is 0.829. The van der Waals surface area contributed by atoms with E-state index in [1.54, 1.807) is 12.1 Å². The summed E-state index contributed by atoms with van der Waals surface area (Å²) in [5.74, 6) is -0.0940. The van der Waals surface area contributed by atoms with E-state index in [2.05, 4.69) is 16.3 Å². The third kappa shape index (κ3) is 3.46. The van der Waals surface area contributed by atoms with Gasteiger partial charge in [-0.2, -0.15) is 0 Å². The second kappa shape index (κ2) is 7.67. The lowest BCUT2D eigenvalue weighted by Gasteiger charge is -2.44. The molecule has 0 aliphatic carbocycles. The van der Waals surface area contributed by atoms with E-state index in [0.717, 1.165) is 28.8 Å². The summed E-state index contributed by atoms with van der Waals surface area (Å²) in [5, 5.41) is 13.1. The van der Waals surface area contributed by atoms with Crippen LogP contribution in [0, 0.1) is 11.7 Å². The fraction of sp³-hybridized carbons (Fsp3) is 0.435. The van der Waals surface area contributed by atoms with E-state index in [1.807, 2.05) is 37.9 Å². The highest BCUT2D eigenvalue weighted by Gasteiger charge is 2.47. The van der Waals surface area contributed by atoms with Gasteiger partial charge in [0.25, 0.3) is 0 Å². The van der Waals surface area contributed by atoms with Crippen LogP contribution in [0.25, 0.3) is 11.1 Å². The van der Waals surface area contributed by atoms with Crippen LogP contribution in [0.1, 0.15) is 31.9 Å². The van der Waals surface area contributed by atoms with Gasteiger partial charge in [0.1, 0.15) is 5.82 Å². The van der Waals surface area contributed by atoms with Crippen LogP contribution in [0.2, 0.25) is 0 Å². The first-order valence-electron chi connectivity index (χ1n) is 10.2. The second-order valence-electron chi connectivity index (χ2n) is 8.34. The van der Waals surface area contributed by atoms with Crippen molar-refractivity contribution in [1.29, 1.82) is 0 Å². The lowest BCUT2D eigenvalue weighted by atomic mass is 9.81. The average molecular weight is 397 g/mol. The van der Waals surface area contributed by atoms with Crippen LogP contribution in [-0.2, 0) is 0 Å². The Morgan fingerprint density at radius 1 is 1.21 bits per heavy atom. The summed E-state index contributed by atoms with van der Waals surface area (Å²) in [6.07, 6.45) is 0.853. The first-order valence-corrected chi connectivity index (χ1v) is 10.2. The molecule has 0 unspecified atom stereocenters. The number of carbonyl (C=O) groups excluding carboxylic acids is 1. The topological polar surface area (TPSA) is 55.8 Å². The summed E-state index contributed by atoms with van der Waals surface area (Å²) in [5.41, 5.74) is 4.05. The minimum atomic E-state index is -0.260. The monoisotopic (exact) mass is 397 g/mol. The Labute approximate surface area is 171 Å². The van der Waals surface area contributed by atoms with E-state index in [-0.39, 0.29) is 42.5 Å². The van der Waals surface area contributed by atoms with Crippen molar-refractivity contribution in [2.24, 2.45) is 5.92 Å². The van der Waals surface area contributed by atoms with Crippen LogP contribution in [-0.4, -0.2) is 48.3 Å². The number of halogens is 1. The molecule has 2 amide bonds. The van der Waals surface area contributed by atoms with Gasteiger partial charge in [-0.1, -0.05) is 18.2 Å². The van der Waals surface area contributed by atoms with Crippen molar-refractivity contribution >= 4 is 11.7 Å². The van der Waals surface area contributed by atoms with Crippen molar-refractivity contribution < 1.29 is 14.3 Å². The molecule has 0 spiro atoms. The lowest BCUT2D eigenvalue weighted by molar-refractivity contribution is 0.159. The Morgan fingerprint density at radius 2 is 1.90 bits per heavy atom. The summed E-state index contributed by atoms with van der Waals surface area (Å²) in [7, 11) is 2.00. The molecule has 4 rings (SSSR count). The molecule has 29 heavy (non-hydrogen) atoms. The molecule has 2 heterocycles. The molecule has 1 fully saturated rings. The van der Waals surface area contributed by atoms with Crippen molar-refractivity contribution in [2.75, 3.05) is 25.1 Å². The van der Waals surface area contributed by atoms with Gasteiger partial charge in [-0.3, -0.25) is 0 Å². The van der Waals surface area contributed by atoms with E-state index >= 15 is 0 Å². The number of nitrogens with one attached hydrogen (secondary N) is 1. The van der Waals surface area contributed by atoms with Crippen LogP contribution in [0.15, 0.2) is 42.5 Å². The number of fused-ring (bicyclic) bond motifs is 3. The predicted molar refractivity (Wildman–Crippen MR) is 112 cm³/mol. The van der Waals surface area contributed by atoms with Gasteiger partial charge in [0.05, 0.1) is 18.7 Å². The summed E-state index contributed by atoms with van der Waals surface area (Å²) >= 11 is 0. The molecule has 2 N–H and O–H groups in total. The Morgan fingerprint density at radius 3 is 2.55 bits per heavy atom. The van der Waals surface area contributed by atoms with Crippen molar-refractivity contribution in [2.45, 2.75) is 38.4 Å². The van der Waals surface area contributed by atoms with E-state index < -0.39 is 0 Å². The number of urea groups is 1. The first kappa shape index (κ1) is 19.7. The summed E-state index contributed by atoms with van der Waals surface area (Å²) in [4.78, 5) is 16.9. The average Bonchev–Trinajstić information content (AvgIpc) is 3.13. The maximum Gasteiger partial charge on any atom is 0.318 e. The molecule has 6 heteroatoms.